The fraction of sp³-hybridized carbons (Fsp3) is 0.188. The fourth-order valence-corrected chi connectivity index (χ4v) is 1.50. The number of ether oxygens (including phenoxy) is 1. The Hall–Kier alpha value is -2.09. The van der Waals surface area contributed by atoms with Crippen LogP contribution in [0.5, 0.6) is 5.75 Å². The SMILES string of the molecule is CC.COc1ccc(C(=O)c2ccccc2)cc1. The van der Waals surface area contributed by atoms with Gasteiger partial charge in [-0.25, -0.2) is 0 Å². The van der Waals surface area contributed by atoms with E-state index in [-0.39, 0.29) is 5.78 Å². The molecule has 94 valence electrons. The largest absolute Gasteiger partial charge is 0.497 e. The number of carbonyl (C=O) groups is 1. The van der Waals surface area contributed by atoms with Crippen molar-refractivity contribution in [3.8, 4) is 5.75 Å². The van der Waals surface area contributed by atoms with Crippen molar-refractivity contribution in [1.82, 2.24) is 0 Å². The Bertz CT molecular complexity index is 472. The molecular weight excluding hydrogens is 224 g/mol. The molecule has 0 aliphatic heterocycles. The number of hydrogen-bond donors (Lipinski definition) is 0. The van der Waals surface area contributed by atoms with Crippen molar-refractivity contribution in [1.29, 1.82) is 0 Å². The van der Waals surface area contributed by atoms with Gasteiger partial charge in [0.1, 0.15) is 5.75 Å². The molecule has 2 aromatic carbocycles. The van der Waals surface area contributed by atoms with Gasteiger partial charge >= 0.3 is 0 Å². The van der Waals surface area contributed by atoms with Crippen LogP contribution in [0.3, 0.4) is 0 Å². The monoisotopic (exact) mass is 242 g/mol. The number of hydrogen-bond acceptors (Lipinski definition) is 2. The topological polar surface area (TPSA) is 26.3 Å². The minimum Gasteiger partial charge on any atom is -0.497 e. The third-order valence-corrected chi connectivity index (χ3v) is 2.39. The van der Waals surface area contributed by atoms with Gasteiger partial charge in [-0.3, -0.25) is 4.79 Å². The van der Waals surface area contributed by atoms with Gasteiger partial charge in [-0.15, -0.1) is 0 Å². The van der Waals surface area contributed by atoms with Crippen LogP contribution >= 0.6 is 0 Å². The molecule has 0 aromatic heterocycles. The van der Waals surface area contributed by atoms with E-state index in [9.17, 15) is 4.79 Å². The second-order valence-corrected chi connectivity index (χ2v) is 3.42. The van der Waals surface area contributed by atoms with Crippen LogP contribution in [-0.4, -0.2) is 12.9 Å². The molecule has 2 aromatic rings. The minimum atomic E-state index is 0.0308. The highest BCUT2D eigenvalue weighted by molar-refractivity contribution is 6.08. The average molecular weight is 242 g/mol. The van der Waals surface area contributed by atoms with Crippen molar-refractivity contribution in [3.63, 3.8) is 0 Å². The zero-order valence-electron chi connectivity index (χ0n) is 11.0. The first-order valence-corrected chi connectivity index (χ1v) is 6.05. The Morgan fingerprint density at radius 2 is 1.33 bits per heavy atom. The van der Waals surface area contributed by atoms with Gasteiger partial charge in [0.15, 0.2) is 5.78 Å². The minimum absolute atomic E-state index is 0.0308. The Morgan fingerprint density at radius 1 is 0.833 bits per heavy atom. The molecule has 0 bridgehead atoms. The van der Waals surface area contributed by atoms with Gasteiger partial charge in [0.05, 0.1) is 7.11 Å². The first kappa shape index (κ1) is 14.0. The van der Waals surface area contributed by atoms with Crippen molar-refractivity contribution in [2.75, 3.05) is 7.11 Å². The Kier molecular flexibility index (Phi) is 5.65. The second-order valence-electron chi connectivity index (χ2n) is 3.42. The van der Waals surface area contributed by atoms with E-state index in [0.717, 1.165) is 5.75 Å². The molecular formula is C16H18O2. The van der Waals surface area contributed by atoms with Crippen LogP contribution in [0.15, 0.2) is 54.6 Å². The Balaban J connectivity index is 0.000000771. The fourth-order valence-electron chi connectivity index (χ4n) is 1.50. The lowest BCUT2D eigenvalue weighted by atomic mass is 10.0. The van der Waals surface area contributed by atoms with Crippen LogP contribution in [0.4, 0.5) is 0 Å². The van der Waals surface area contributed by atoms with Gasteiger partial charge in [-0.05, 0) is 24.3 Å². The molecule has 0 spiro atoms. The average Bonchev–Trinajstić information content (AvgIpc) is 2.49. The summed E-state index contributed by atoms with van der Waals surface area (Å²) in [6.07, 6.45) is 0. The van der Waals surface area contributed by atoms with Gasteiger partial charge in [0.25, 0.3) is 0 Å². The number of rotatable bonds is 3. The molecule has 0 saturated carbocycles. The third-order valence-electron chi connectivity index (χ3n) is 2.39. The maximum atomic E-state index is 12.0. The van der Waals surface area contributed by atoms with E-state index in [1.807, 2.05) is 44.2 Å². The lowest BCUT2D eigenvalue weighted by molar-refractivity contribution is 0.103. The Morgan fingerprint density at radius 3 is 1.83 bits per heavy atom. The molecule has 0 aliphatic rings. The number of carbonyl (C=O) groups excluding carboxylic acids is 1. The zero-order valence-corrected chi connectivity index (χ0v) is 11.0. The summed E-state index contributed by atoms with van der Waals surface area (Å²) in [5.41, 5.74) is 1.37. The quantitative estimate of drug-likeness (QED) is 0.762. The van der Waals surface area contributed by atoms with E-state index in [2.05, 4.69) is 0 Å². The lowest BCUT2D eigenvalue weighted by Gasteiger charge is -2.02. The van der Waals surface area contributed by atoms with Gasteiger partial charge in [-0.2, -0.15) is 0 Å². The Labute approximate surface area is 108 Å². The standard InChI is InChI=1S/C14H12O2.C2H6/c1-16-13-9-7-12(8-10-13)14(15)11-5-3-2-4-6-11;1-2/h2-10H,1H3;1-2H3. The lowest BCUT2D eigenvalue weighted by Crippen LogP contribution is -2.00. The second kappa shape index (κ2) is 7.28. The molecule has 0 fully saturated rings. The third kappa shape index (κ3) is 3.45. The highest BCUT2D eigenvalue weighted by Crippen LogP contribution is 2.14. The molecule has 18 heavy (non-hydrogen) atoms. The predicted molar refractivity (Wildman–Crippen MR) is 74.2 cm³/mol. The molecule has 0 radical (unpaired) electrons. The summed E-state index contributed by atoms with van der Waals surface area (Å²) < 4.78 is 5.04. The van der Waals surface area contributed by atoms with Crippen molar-refractivity contribution in [2.45, 2.75) is 13.8 Å². The summed E-state index contributed by atoms with van der Waals surface area (Å²) in [4.78, 5) is 12.0. The highest BCUT2D eigenvalue weighted by Gasteiger charge is 2.07. The number of benzene rings is 2. The molecule has 2 rings (SSSR count). The summed E-state index contributed by atoms with van der Waals surface area (Å²) in [6.45, 7) is 4.00. The van der Waals surface area contributed by atoms with E-state index >= 15 is 0 Å². The van der Waals surface area contributed by atoms with Crippen molar-refractivity contribution >= 4 is 5.78 Å². The van der Waals surface area contributed by atoms with Gasteiger partial charge < -0.3 is 4.74 Å². The van der Waals surface area contributed by atoms with Crippen molar-refractivity contribution in [2.24, 2.45) is 0 Å². The van der Waals surface area contributed by atoms with Gasteiger partial charge in [-0.1, -0.05) is 44.2 Å². The molecule has 0 N–H and O–H groups in total. The maximum absolute atomic E-state index is 12.0. The van der Waals surface area contributed by atoms with E-state index in [1.54, 1.807) is 31.4 Å². The van der Waals surface area contributed by atoms with Crippen LogP contribution in [0.1, 0.15) is 29.8 Å². The summed E-state index contributed by atoms with van der Waals surface area (Å²) >= 11 is 0. The summed E-state index contributed by atoms with van der Waals surface area (Å²) in [7, 11) is 1.61. The molecule has 0 heterocycles. The zero-order chi connectivity index (χ0) is 13.4. The summed E-state index contributed by atoms with van der Waals surface area (Å²) in [5.74, 6) is 0.785. The predicted octanol–water partition coefficient (Wildman–Crippen LogP) is 3.95. The van der Waals surface area contributed by atoms with Crippen molar-refractivity contribution in [3.05, 3.63) is 65.7 Å². The van der Waals surface area contributed by atoms with Crippen LogP contribution in [-0.2, 0) is 0 Å². The smallest absolute Gasteiger partial charge is 0.193 e. The maximum Gasteiger partial charge on any atom is 0.193 e. The van der Waals surface area contributed by atoms with E-state index in [1.165, 1.54) is 0 Å². The molecule has 0 aliphatic carbocycles. The van der Waals surface area contributed by atoms with Gasteiger partial charge in [0.2, 0.25) is 0 Å². The highest BCUT2D eigenvalue weighted by atomic mass is 16.5. The molecule has 2 nitrogen and oxygen atoms in total. The van der Waals surface area contributed by atoms with Crippen LogP contribution in [0, 0.1) is 0 Å². The first-order valence-electron chi connectivity index (χ1n) is 6.05. The molecule has 0 amide bonds. The summed E-state index contributed by atoms with van der Waals surface area (Å²) in [6, 6.07) is 16.4. The van der Waals surface area contributed by atoms with Gasteiger partial charge in [0, 0.05) is 11.1 Å². The molecule has 0 saturated heterocycles. The molecule has 0 atom stereocenters. The number of ketones is 1. The normalized spacial score (nSPS) is 9.06. The molecule has 0 unspecified atom stereocenters. The van der Waals surface area contributed by atoms with E-state index in [4.69, 9.17) is 4.74 Å². The van der Waals surface area contributed by atoms with Crippen LogP contribution in [0.25, 0.3) is 0 Å². The van der Waals surface area contributed by atoms with Crippen LogP contribution < -0.4 is 4.74 Å². The van der Waals surface area contributed by atoms with Crippen LogP contribution in [0.2, 0.25) is 0 Å². The molecule has 2 heteroatoms. The van der Waals surface area contributed by atoms with Crippen molar-refractivity contribution < 1.29 is 9.53 Å². The number of methoxy groups -OCH3 is 1. The first-order chi connectivity index (χ1) is 8.81. The summed E-state index contributed by atoms with van der Waals surface area (Å²) in [5, 5.41) is 0. The van der Waals surface area contributed by atoms with E-state index in [0.29, 0.717) is 11.1 Å². The van der Waals surface area contributed by atoms with E-state index < -0.39 is 0 Å².